The van der Waals surface area contributed by atoms with E-state index in [0.29, 0.717) is 18.0 Å². The molecular formula is C21H19NO4S. The Morgan fingerprint density at radius 3 is 2.44 bits per heavy atom. The molecule has 138 valence electrons. The lowest BCUT2D eigenvalue weighted by molar-refractivity contribution is -0.133. The van der Waals surface area contributed by atoms with Crippen molar-refractivity contribution in [3.8, 4) is 11.5 Å². The molecule has 0 spiro atoms. The number of hydrogen-bond acceptors (Lipinski definition) is 5. The van der Waals surface area contributed by atoms with E-state index in [1.165, 1.54) is 4.90 Å². The van der Waals surface area contributed by atoms with Crippen LogP contribution in [0, 0.1) is 0 Å². The number of hydrogen-bond donors (Lipinski definition) is 0. The van der Waals surface area contributed by atoms with Crippen molar-refractivity contribution in [2.24, 2.45) is 0 Å². The van der Waals surface area contributed by atoms with E-state index in [9.17, 15) is 9.59 Å². The van der Waals surface area contributed by atoms with E-state index in [4.69, 9.17) is 9.47 Å². The van der Waals surface area contributed by atoms with Gasteiger partial charge < -0.3 is 14.4 Å². The van der Waals surface area contributed by atoms with Crippen LogP contribution in [0.1, 0.15) is 15.2 Å². The van der Waals surface area contributed by atoms with Gasteiger partial charge in [-0.05, 0) is 35.7 Å². The second-order valence-corrected chi connectivity index (χ2v) is 6.85. The Morgan fingerprint density at radius 2 is 1.70 bits per heavy atom. The normalized spacial score (nSPS) is 10.3. The summed E-state index contributed by atoms with van der Waals surface area (Å²) >= 11 is 1.57. The van der Waals surface area contributed by atoms with Crippen LogP contribution in [0.15, 0.2) is 72.1 Å². The third-order valence-corrected chi connectivity index (χ3v) is 4.66. The summed E-state index contributed by atoms with van der Waals surface area (Å²) in [6.45, 7) is 0.169. The van der Waals surface area contributed by atoms with Crippen LogP contribution in [0.2, 0.25) is 0 Å². The Labute approximate surface area is 161 Å². The molecule has 3 aromatic rings. The zero-order valence-electron chi connectivity index (χ0n) is 14.8. The molecule has 1 amide bonds. The molecule has 0 aliphatic carbocycles. The molecule has 0 saturated carbocycles. The first-order valence-corrected chi connectivity index (χ1v) is 9.27. The lowest BCUT2D eigenvalue weighted by atomic mass is 10.2. The molecular weight excluding hydrogens is 362 g/mol. The van der Waals surface area contributed by atoms with E-state index in [1.807, 2.05) is 35.7 Å². The van der Waals surface area contributed by atoms with E-state index in [2.05, 4.69) is 0 Å². The van der Waals surface area contributed by atoms with E-state index in [1.54, 1.807) is 54.8 Å². The molecule has 5 nitrogen and oxygen atoms in total. The van der Waals surface area contributed by atoms with E-state index in [0.717, 1.165) is 4.88 Å². The van der Waals surface area contributed by atoms with Crippen LogP contribution in [0.25, 0.3) is 0 Å². The summed E-state index contributed by atoms with van der Waals surface area (Å²) in [7, 11) is 1.68. The summed E-state index contributed by atoms with van der Waals surface area (Å²) in [5.74, 6) is 0.134. The lowest BCUT2D eigenvalue weighted by Crippen LogP contribution is -2.30. The molecule has 27 heavy (non-hydrogen) atoms. The predicted molar refractivity (Wildman–Crippen MR) is 104 cm³/mol. The molecule has 0 radical (unpaired) electrons. The molecule has 0 saturated heterocycles. The number of benzene rings is 2. The smallest absolute Gasteiger partial charge is 0.342 e. The van der Waals surface area contributed by atoms with Gasteiger partial charge in [-0.25, -0.2) is 4.79 Å². The van der Waals surface area contributed by atoms with Crippen LogP contribution in [-0.4, -0.2) is 30.4 Å². The number of likely N-dealkylation sites (N-methyl/N-ethyl adjacent to an activating group) is 1. The van der Waals surface area contributed by atoms with Gasteiger partial charge in [-0.2, -0.15) is 0 Å². The monoisotopic (exact) mass is 381 g/mol. The number of esters is 1. The molecule has 0 bridgehead atoms. The number of amides is 1. The van der Waals surface area contributed by atoms with Crippen LogP contribution in [0.3, 0.4) is 0 Å². The predicted octanol–water partition coefficient (Wildman–Crippen LogP) is 4.36. The maximum Gasteiger partial charge on any atom is 0.342 e. The first kappa shape index (κ1) is 18.7. The van der Waals surface area contributed by atoms with Crippen molar-refractivity contribution in [1.29, 1.82) is 0 Å². The second kappa shape index (κ2) is 9.00. The summed E-state index contributed by atoms with van der Waals surface area (Å²) in [6, 6.07) is 19.8. The quantitative estimate of drug-likeness (QED) is 0.571. The van der Waals surface area contributed by atoms with Gasteiger partial charge in [0.25, 0.3) is 5.91 Å². The number of carbonyl (C=O) groups is 2. The summed E-state index contributed by atoms with van der Waals surface area (Å²) in [5.41, 5.74) is 0.273. The first-order valence-electron chi connectivity index (χ1n) is 8.39. The molecule has 0 N–H and O–H groups in total. The van der Waals surface area contributed by atoms with Crippen LogP contribution >= 0.6 is 11.3 Å². The highest BCUT2D eigenvalue weighted by molar-refractivity contribution is 7.09. The Morgan fingerprint density at radius 1 is 0.963 bits per heavy atom. The summed E-state index contributed by atoms with van der Waals surface area (Å²) in [5, 5.41) is 1.96. The minimum absolute atomic E-state index is 0.266. The Hall–Kier alpha value is -3.12. The van der Waals surface area contributed by atoms with E-state index in [-0.39, 0.29) is 18.1 Å². The van der Waals surface area contributed by atoms with Crippen LogP contribution in [0.5, 0.6) is 11.5 Å². The van der Waals surface area contributed by atoms with E-state index >= 15 is 0 Å². The highest BCUT2D eigenvalue weighted by atomic mass is 32.1. The van der Waals surface area contributed by atoms with Gasteiger partial charge in [0.2, 0.25) is 0 Å². The number of ether oxygens (including phenoxy) is 2. The van der Waals surface area contributed by atoms with Crippen molar-refractivity contribution in [3.63, 3.8) is 0 Å². The van der Waals surface area contributed by atoms with Crippen molar-refractivity contribution in [1.82, 2.24) is 4.90 Å². The SMILES string of the molecule is CN(Cc1cccs1)C(=O)COC(=O)c1ccccc1Oc1ccccc1. The summed E-state index contributed by atoms with van der Waals surface area (Å²) in [6.07, 6.45) is 0. The van der Waals surface area contributed by atoms with Gasteiger partial charge in [-0.15, -0.1) is 11.3 Å². The fraction of sp³-hybridized carbons (Fsp3) is 0.143. The zero-order chi connectivity index (χ0) is 19.1. The summed E-state index contributed by atoms with van der Waals surface area (Å²) in [4.78, 5) is 27.2. The second-order valence-electron chi connectivity index (χ2n) is 5.82. The van der Waals surface area contributed by atoms with Crippen molar-refractivity contribution in [2.75, 3.05) is 13.7 Å². The van der Waals surface area contributed by atoms with Gasteiger partial charge in [0.1, 0.15) is 17.1 Å². The van der Waals surface area contributed by atoms with E-state index < -0.39 is 5.97 Å². The molecule has 0 aliphatic heterocycles. The minimum Gasteiger partial charge on any atom is -0.456 e. The number of thiophene rings is 1. The minimum atomic E-state index is -0.598. The number of carbonyl (C=O) groups excluding carboxylic acids is 2. The standard InChI is InChI=1S/C21H19NO4S/c1-22(14-17-10-7-13-27-17)20(23)15-25-21(24)18-11-5-6-12-19(18)26-16-8-3-2-4-9-16/h2-13H,14-15H2,1H3. The number of rotatable bonds is 7. The fourth-order valence-electron chi connectivity index (χ4n) is 2.38. The maximum atomic E-state index is 12.4. The number of nitrogens with zero attached hydrogens (tertiary/aromatic N) is 1. The highest BCUT2D eigenvalue weighted by Gasteiger charge is 2.17. The van der Waals surface area contributed by atoms with Gasteiger partial charge >= 0.3 is 5.97 Å². The Balaban J connectivity index is 1.60. The van der Waals surface area contributed by atoms with Crippen LogP contribution < -0.4 is 4.74 Å². The van der Waals surface area contributed by atoms with Crippen LogP contribution in [0.4, 0.5) is 0 Å². The van der Waals surface area contributed by atoms with Crippen molar-refractivity contribution in [3.05, 3.63) is 82.6 Å². The largest absolute Gasteiger partial charge is 0.456 e. The molecule has 0 fully saturated rings. The number of para-hydroxylation sites is 2. The summed E-state index contributed by atoms with van der Waals surface area (Å²) < 4.78 is 11.0. The van der Waals surface area contributed by atoms with Crippen molar-refractivity contribution < 1.29 is 19.1 Å². The Kier molecular flexibility index (Phi) is 6.22. The molecule has 1 aromatic heterocycles. The third-order valence-electron chi connectivity index (χ3n) is 3.80. The lowest BCUT2D eigenvalue weighted by Gasteiger charge is -2.16. The topological polar surface area (TPSA) is 55.8 Å². The molecule has 6 heteroatoms. The van der Waals surface area contributed by atoms with Crippen LogP contribution in [-0.2, 0) is 16.1 Å². The van der Waals surface area contributed by atoms with Gasteiger partial charge in [-0.1, -0.05) is 36.4 Å². The average molecular weight is 381 g/mol. The fourth-order valence-corrected chi connectivity index (χ4v) is 3.14. The Bertz CT molecular complexity index is 894. The van der Waals surface area contributed by atoms with Gasteiger partial charge in [-0.3, -0.25) is 4.79 Å². The molecule has 0 aliphatic rings. The molecule has 1 heterocycles. The first-order chi connectivity index (χ1) is 13.1. The van der Waals surface area contributed by atoms with Crippen molar-refractivity contribution in [2.45, 2.75) is 6.54 Å². The zero-order valence-corrected chi connectivity index (χ0v) is 15.6. The average Bonchev–Trinajstić information content (AvgIpc) is 3.20. The molecule has 0 unspecified atom stereocenters. The van der Waals surface area contributed by atoms with Gasteiger partial charge in [0.05, 0.1) is 6.54 Å². The van der Waals surface area contributed by atoms with Gasteiger partial charge in [0, 0.05) is 11.9 Å². The van der Waals surface area contributed by atoms with Crippen molar-refractivity contribution >= 4 is 23.2 Å². The third kappa shape index (κ3) is 5.18. The molecule has 2 aromatic carbocycles. The maximum absolute atomic E-state index is 12.4. The van der Waals surface area contributed by atoms with Gasteiger partial charge in [0.15, 0.2) is 6.61 Å². The highest BCUT2D eigenvalue weighted by Crippen LogP contribution is 2.25. The molecule has 3 rings (SSSR count). The molecule has 0 atom stereocenters.